The van der Waals surface area contributed by atoms with Crippen LogP contribution in [0.1, 0.15) is 11.1 Å². The predicted octanol–water partition coefficient (Wildman–Crippen LogP) is 3.21. The summed E-state index contributed by atoms with van der Waals surface area (Å²) in [6.45, 7) is -0.115. The van der Waals surface area contributed by atoms with Gasteiger partial charge in [-0.15, -0.1) is 0 Å². The zero-order valence-corrected chi connectivity index (χ0v) is 12.6. The van der Waals surface area contributed by atoms with Gasteiger partial charge in [-0.3, -0.25) is 4.79 Å². The fourth-order valence-corrected chi connectivity index (χ4v) is 2.24. The third-order valence-corrected chi connectivity index (χ3v) is 3.33. The molecule has 6 heteroatoms. The Morgan fingerprint density at radius 2 is 1.74 bits per heavy atom. The van der Waals surface area contributed by atoms with Crippen molar-refractivity contribution in [3.8, 4) is 11.1 Å². The van der Waals surface area contributed by atoms with Gasteiger partial charge in [0.05, 0.1) is 12.1 Å². The molecule has 122 valence electrons. The quantitative estimate of drug-likeness (QED) is 0.887. The van der Waals surface area contributed by atoms with Crippen LogP contribution in [-0.4, -0.2) is 19.5 Å². The van der Waals surface area contributed by atoms with Crippen LogP contribution in [0, 0.1) is 0 Å². The summed E-state index contributed by atoms with van der Waals surface area (Å²) in [5.41, 5.74) is 0.811. The zero-order valence-electron chi connectivity index (χ0n) is 12.6. The Morgan fingerprint density at radius 1 is 1.04 bits per heavy atom. The summed E-state index contributed by atoms with van der Waals surface area (Å²) in [5, 5.41) is 5.14. The third kappa shape index (κ3) is 4.56. The van der Waals surface area contributed by atoms with Gasteiger partial charge >= 0.3 is 6.18 Å². The number of halogens is 3. The molecule has 0 heterocycles. The highest BCUT2D eigenvalue weighted by Crippen LogP contribution is 2.34. The molecule has 23 heavy (non-hydrogen) atoms. The van der Waals surface area contributed by atoms with Crippen molar-refractivity contribution in [2.24, 2.45) is 0 Å². The molecule has 0 aromatic heterocycles. The second-order valence-electron chi connectivity index (χ2n) is 5.04. The molecule has 2 rings (SSSR count). The minimum Gasteiger partial charge on any atom is -0.351 e. The van der Waals surface area contributed by atoms with Gasteiger partial charge in [-0.25, -0.2) is 0 Å². The summed E-state index contributed by atoms with van der Waals surface area (Å²) in [6, 6.07) is 13.1. The lowest BCUT2D eigenvalue weighted by Crippen LogP contribution is -2.32. The molecule has 0 bridgehead atoms. The van der Waals surface area contributed by atoms with Crippen LogP contribution in [0.4, 0.5) is 13.2 Å². The third-order valence-electron chi connectivity index (χ3n) is 3.33. The number of carbonyl (C=O) groups excluding carboxylic acids is 1. The zero-order chi connectivity index (χ0) is 16.9. The van der Waals surface area contributed by atoms with Crippen molar-refractivity contribution in [2.75, 3.05) is 13.6 Å². The lowest BCUT2D eigenvalue weighted by atomic mass is 9.98. The molecule has 0 aliphatic rings. The van der Waals surface area contributed by atoms with Crippen molar-refractivity contribution >= 4 is 5.91 Å². The number of alkyl halides is 3. The van der Waals surface area contributed by atoms with Gasteiger partial charge in [-0.2, -0.15) is 13.2 Å². The number of rotatable bonds is 5. The Balaban J connectivity index is 2.33. The van der Waals surface area contributed by atoms with Gasteiger partial charge in [0.15, 0.2) is 0 Å². The fraction of sp³-hybridized carbons (Fsp3) is 0.235. The van der Waals surface area contributed by atoms with Gasteiger partial charge in [-0.05, 0) is 35.9 Å². The molecule has 0 spiro atoms. The summed E-state index contributed by atoms with van der Waals surface area (Å²) in [5.74, 6) is -0.356. The van der Waals surface area contributed by atoms with Crippen molar-refractivity contribution < 1.29 is 18.0 Å². The molecule has 0 atom stereocenters. The highest BCUT2D eigenvalue weighted by Gasteiger charge is 2.33. The Bertz CT molecular complexity index is 669. The first-order valence-corrected chi connectivity index (χ1v) is 7.08. The summed E-state index contributed by atoms with van der Waals surface area (Å²) < 4.78 is 39.4. The average molecular weight is 322 g/mol. The van der Waals surface area contributed by atoms with Crippen LogP contribution in [-0.2, 0) is 17.5 Å². The molecular weight excluding hydrogens is 305 g/mol. The van der Waals surface area contributed by atoms with Crippen LogP contribution in [0.15, 0.2) is 48.5 Å². The van der Waals surface area contributed by atoms with E-state index in [0.717, 1.165) is 11.6 Å². The van der Waals surface area contributed by atoms with Crippen molar-refractivity contribution in [3.63, 3.8) is 0 Å². The van der Waals surface area contributed by atoms with Crippen LogP contribution in [0.5, 0.6) is 0 Å². The van der Waals surface area contributed by atoms with E-state index in [4.69, 9.17) is 0 Å². The number of nitrogens with one attached hydrogen (secondary N) is 2. The molecule has 2 N–H and O–H groups in total. The standard InChI is InChI=1S/C17H17F3N2O/c1-21-11-16(23)22-10-14-9-13(12-5-3-2-4-6-12)7-8-15(14)17(18,19)20/h2-9,21H,10-11H2,1H3,(H,22,23). The van der Waals surface area contributed by atoms with Crippen LogP contribution in [0.3, 0.4) is 0 Å². The topological polar surface area (TPSA) is 41.1 Å². The van der Waals surface area contributed by atoms with Crippen LogP contribution in [0.25, 0.3) is 11.1 Å². The number of carbonyl (C=O) groups is 1. The van der Waals surface area contributed by atoms with Gasteiger partial charge < -0.3 is 10.6 Å². The Hall–Kier alpha value is -2.34. The van der Waals surface area contributed by atoms with Gasteiger partial charge in [0, 0.05) is 6.54 Å². The van der Waals surface area contributed by atoms with E-state index in [1.54, 1.807) is 7.05 Å². The van der Waals surface area contributed by atoms with E-state index < -0.39 is 11.7 Å². The van der Waals surface area contributed by atoms with E-state index in [1.165, 1.54) is 12.1 Å². The summed E-state index contributed by atoms with van der Waals surface area (Å²) >= 11 is 0. The Labute approximate surface area is 132 Å². The van der Waals surface area contributed by atoms with E-state index >= 15 is 0 Å². The van der Waals surface area contributed by atoms with Gasteiger partial charge in [0.2, 0.25) is 5.91 Å². The molecular formula is C17H17F3N2O. The second kappa shape index (κ2) is 7.28. The lowest BCUT2D eigenvalue weighted by Gasteiger charge is -2.15. The highest BCUT2D eigenvalue weighted by molar-refractivity contribution is 5.78. The number of amides is 1. The van der Waals surface area contributed by atoms with E-state index in [9.17, 15) is 18.0 Å². The van der Waals surface area contributed by atoms with Gasteiger partial charge in [0.1, 0.15) is 0 Å². The van der Waals surface area contributed by atoms with Crippen LogP contribution in [0.2, 0.25) is 0 Å². The minimum absolute atomic E-state index is 0.0447. The second-order valence-corrected chi connectivity index (χ2v) is 5.04. The lowest BCUT2D eigenvalue weighted by molar-refractivity contribution is -0.138. The van der Waals surface area contributed by atoms with E-state index in [0.29, 0.717) is 5.56 Å². The van der Waals surface area contributed by atoms with Crippen molar-refractivity contribution in [1.82, 2.24) is 10.6 Å². The van der Waals surface area contributed by atoms with Gasteiger partial charge in [-0.1, -0.05) is 36.4 Å². The van der Waals surface area contributed by atoms with E-state index in [1.807, 2.05) is 30.3 Å². The monoisotopic (exact) mass is 322 g/mol. The van der Waals surface area contributed by atoms with Crippen LogP contribution >= 0.6 is 0 Å². The van der Waals surface area contributed by atoms with Crippen molar-refractivity contribution in [2.45, 2.75) is 12.7 Å². The molecule has 0 aliphatic heterocycles. The Morgan fingerprint density at radius 3 is 2.35 bits per heavy atom. The van der Waals surface area contributed by atoms with Crippen molar-refractivity contribution in [1.29, 1.82) is 0 Å². The fourth-order valence-electron chi connectivity index (χ4n) is 2.24. The summed E-state index contributed by atoms with van der Waals surface area (Å²) in [4.78, 5) is 11.5. The Kier molecular flexibility index (Phi) is 5.39. The predicted molar refractivity (Wildman–Crippen MR) is 82.7 cm³/mol. The maximum absolute atomic E-state index is 13.1. The number of hydrogen-bond acceptors (Lipinski definition) is 2. The minimum atomic E-state index is -4.46. The first kappa shape index (κ1) is 17.0. The van der Waals surface area contributed by atoms with E-state index in [2.05, 4.69) is 10.6 Å². The average Bonchev–Trinajstić information content (AvgIpc) is 2.53. The molecule has 0 saturated carbocycles. The summed E-state index contributed by atoms with van der Waals surface area (Å²) in [7, 11) is 1.59. The first-order chi connectivity index (χ1) is 10.9. The van der Waals surface area contributed by atoms with Gasteiger partial charge in [0.25, 0.3) is 0 Å². The maximum atomic E-state index is 13.1. The highest BCUT2D eigenvalue weighted by atomic mass is 19.4. The molecule has 0 saturated heterocycles. The molecule has 0 radical (unpaired) electrons. The molecule has 3 nitrogen and oxygen atoms in total. The smallest absolute Gasteiger partial charge is 0.351 e. The SMILES string of the molecule is CNCC(=O)NCc1cc(-c2ccccc2)ccc1C(F)(F)F. The molecule has 2 aromatic rings. The first-order valence-electron chi connectivity index (χ1n) is 7.08. The maximum Gasteiger partial charge on any atom is 0.416 e. The van der Waals surface area contributed by atoms with Crippen LogP contribution < -0.4 is 10.6 Å². The number of hydrogen-bond donors (Lipinski definition) is 2. The molecule has 0 fully saturated rings. The van der Waals surface area contributed by atoms with E-state index in [-0.39, 0.29) is 24.6 Å². The summed E-state index contributed by atoms with van der Waals surface area (Å²) in [6.07, 6.45) is -4.46. The molecule has 2 aromatic carbocycles. The number of benzene rings is 2. The largest absolute Gasteiger partial charge is 0.416 e. The number of likely N-dealkylation sites (N-methyl/N-ethyl adjacent to an activating group) is 1. The van der Waals surface area contributed by atoms with Crippen molar-refractivity contribution in [3.05, 3.63) is 59.7 Å². The molecule has 1 amide bonds. The molecule has 0 unspecified atom stereocenters. The normalized spacial score (nSPS) is 11.3. The molecule has 0 aliphatic carbocycles.